The highest BCUT2D eigenvalue weighted by molar-refractivity contribution is 5.85. The van der Waals surface area contributed by atoms with Crippen molar-refractivity contribution in [3.63, 3.8) is 0 Å². The smallest absolute Gasteiger partial charge is 0.306 e. The van der Waals surface area contributed by atoms with Crippen molar-refractivity contribution in [1.29, 1.82) is 0 Å². The minimum Gasteiger partial charge on any atom is -0.481 e. The fourth-order valence-electron chi connectivity index (χ4n) is 1.14. The maximum Gasteiger partial charge on any atom is 0.306 e. The quantitative estimate of drug-likeness (QED) is 0.514. The van der Waals surface area contributed by atoms with E-state index in [0.717, 1.165) is 18.6 Å². The number of hydrogen-bond donors (Lipinski definition) is 1. The number of carboxylic acid groups (broad SMARTS) is 1. The molecule has 1 N–H and O–H groups in total. The third kappa shape index (κ3) is 3.37. The van der Waals surface area contributed by atoms with Gasteiger partial charge in [-0.05, 0) is 25.7 Å². The molecule has 0 aromatic rings. The molecule has 1 aliphatic rings. The lowest BCUT2D eigenvalue weighted by atomic mass is 10.3. The highest BCUT2D eigenvalue weighted by atomic mass is 16.6. The van der Waals surface area contributed by atoms with E-state index >= 15 is 0 Å². The molecule has 0 amide bonds. The molecule has 0 bridgehead atoms. The first-order valence-electron chi connectivity index (χ1n) is 4.18. The van der Waals surface area contributed by atoms with Crippen molar-refractivity contribution in [2.75, 3.05) is 6.61 Å². The van der Waals surface area contributed by atoms with E-state index < -0.39 is 5.97 Å². The summed E-state index contributed by atoms with van der Waals surface area (Å²) < 4.78 is 0. The molecule has 1 fully saturated rings. The Kier molecular flexibility index (Phi) is 3.57. The molecular weight excluding hydrogens is 158 g/mol. The van der Waals surface area contributed by atoms with Crippen LogP contribution in [0.3, 0.4) is 0 Å². The van der Waals surface area contributed by atoms with Crippen LogP contribution in [-0.2, 0) is 9.63 Å². The maximum atomic E-state index is 10.1. The monoisotopic (exact) mass is 171 g/mol. The van der Waals surface area contributed by atoms with Gasteiger partial charge in [-0.15, -0.1) is 0 Å². The molecule has 0 aliphatic heterocycles. The topological polar surface area (TPSA) is 58.9 Å². The number of aliphatic carboxylic acids is 1. The molecule has 0 spiro atoms. The average Bonchev–Trinajstić information content (AvgIpc) is 2.49. The van der Waals surface area contributed by atoms with Gasteiger partial charge in [-0.1, -0.05) is 5.16 Å². The van der Waals surface area contributed by atoms with Crippen LogP contribution in [0.1, 0.15) is 32.1 Å². The van der Waals surface area contributed by atoms with E-state index in [2.05, 4.69) is 5.16 Å². The summed E-state index contributed by atoms with van der Waals surface area (Å²) in [7, 11) is 0. The van der Waals surface area contributed by atoms with E-state index in [1.165, 1.54) is 12.8 Å². The molecule has 68 valence electrons. The van der Waals surface area contributed by atoms with Crippen LogP contribution in [0.25, 0.3) is 0 Å². The standard InChI is InChI=1S/C8H13NO3/c10-8(11)5-6-12-9-7-3-1-2-4-7/h1-6H2,(H,10,11). The van der Waals surface area contributed by atoms with Gasteiger partial charge in [-0.2, -0.15) is 0 Å². The Balaban J connectivity index is 2.07. The van der Waals surface area contributed by atoms with Crippen LogP contribution < -0.4 is 0 Å². The first kappa shape index (κ1) is 9.03. The van der Waals surface area contributed by atoms with Crippen molar-refractivity contribution in [2.45, 2.75) is 32.1 Å². The van der Waals surface area contributed by atoms with Crippen molar-refractivity contribution in [2.24, 2.45) is 5.16 Å². The van der Waals surface area contributed by atoms with Gasteiger partial charge < -0.3 is 9.94 Å². The van der Waals surface area contributed by atoms with E-state index in [-0.39, 0.29) is 13.0 Å². The highest BCUT2D eigenvalue weighted by Crippen LogP contribution is 2.14. The number of carboxylic acids is 1. The lowest BCUT2D eigenvalue weighted by molar-refractivity contribution is -0.138. The minimum atomic E-state index is -0.846. The minimum absolute atomic E-state index is 0.0246. The van der Waals surface area contributed by atoms with Gasteiger partial charge in [0.1, 0.15) is 6.61 Å². The first-order chi connectivity index (χ1) is 5.79. The number of hydrogen-bond acceptors (Lipinski definition) is 3. The number of rotatable bonds is 4. The molecule has 1 rings (SSSR count). The maximum absolute atomic E-state index is 10.1. The SMILES string of the molecule is O=C(O)CCON=C1CCCC1. The fourth-order valence-corrected chi connectivity index (χ4v) is 1.14. The van der Waals surface area contributed by atoms with E-state index in [1.54, 1.807) is 0 Å². The lowest BCUT2D eigenvalue weighted by Crippen LogP contribution is -2.01. The second-order valence-electron chi connectivity index (χ2n) is 2.84. The number of oxime groups is 1. The Morgan fingerprint density at radius 2 is 2.17 bits per heavy atom. The number of nitrogens with zero attached hydrogens (tertiary/aromatic N) is 1. The molecule has 1 aliphatic carbocycles. The normalized spacial score (nSPS) is 16.2. The summed E-state index contributed by atoms with van der Waals surface area (Å²) >= 11 is 0. The second-order valence-corrected chi connectivity index (χ2v) is 2.84. The Labute approximate surface area is 71.2 Å². The third-order valence-electron chi connectivity index (χ3n) is 1.78. The van der Waals surface area contributed by atoms with Crippen molar-refractivity contribution in [3.05, 3.63) is 0 Å². The summed E-state index contributed by atoms with van der Waals surface area (Å²) in [4.78, 5) is 14.9. The Bertz CT molecular complexity index is 181. The van der Waals surface area contributed by atoms with Gasteiger partial charge in [-0.25, -0.2) is 0 Å². The molecule has 12 heavy (non-hydrogen) atoms. The van der Waals surface area contributed by atoms with Crippen LogP contribution in [0.15, 0.2) is 5.16 Å². The molecule has 0 atom stereocenters. The van der Waals surface area contributed by atoms with Crippen molar-refractivity contribution in [1.82, 2.24) is 0 Å². The van der Waals surface area contributed by atoms with Crippen molar-refractivity contribution >= 4 is 11.7 Å². The van der Waals surface area contributed by atoms with E-state index in [4.69, 9.17) is 9.94 Å². The highest BCUT2D eigenvalue weighted by Gasteiger charge is 2.08. The van der Waals surface area contributed by atoms with Gasteiger partial charge in [0.05, 0.1) is 12.1 Å². The molecular formula is C8H13NO3. The molecule has 4 heteroatoms. The molecule has 0 heterocycles. The third-order valence-corrected chi connectivity index (χ3v) is 1.78. The Hall–Kier alpha value is -1.06. The zero-order valence-electron chi connectivity index (χ0n) is 6.95. The van der Waals surface area contributed by atoms with E-state index in [1.807, 2.05) is 0 Å². The largest absolute Gasteiger partial charge is 0.481 e. The van der Waals surface area contributed by atoms with Crippen LogP contribution in [0.2, 0.25) is 0 Å². The zero-order valence-corrected chi connectivity index (χ0v) is 6.95. The first-order valence-corrected chi connectivity index (χ1v) is 4.18. The van der Waals surface area contributed by atoms with Gasteiger partial charge in [0.15, 0.2) is 0 Å². The van der Waals surface area contributed by atoms with Gasteiger partial charge in [-0.3, -0.25) is 4.79 Å². The predicted molar refractivity (Wildman–Crippen MR) is 44.1 cm³/mol. The van der Waals surface area contributed by atoms with Gasteiger partial charge in [0.25, 0.3) is 0 Å². The molecule has 4 nitrogen and oxygen atoms in total. The summed E-state index contributed by atoms with van der Waals surface area (Å²) in [6.45, 7) is 0.179. The molecule has 0 saturated heterocycles. The van der Waals surface area contributed by atoms with Gasteiger partial charge in [0.2, 0.25) is 0 Å². The predicted octanol–water partition coefficient (Wildman–Crippen LogP) is 1.41. The Morgan fingerprint density at radius 3 is 2.75 bits per heavy atom. The van der Waals surface area contributed by atoms with Gasteiger partial charge >= 0.3 is 5.97 Å². The summed E-state index contributed by atoms with van der Waals surface area (Å²) in [5.74, 6) is -0.846. The Morgan fingerprint density at radius 1 is 1.50 bits per heavy atom. The summed E-state index contributed by atoms with van der Waals surface area (Å²) in [6.07, 6.45) is 4.40. The van der Waals surface area contributed by atoms with Crippen LogP contribution in [0.4, 0.5) is 0 Å². The molecule has 0 radical (unpaired) electrons. The van der Waals surface area contributed by atoms with E-state index in [0.29, 0.717) is 0 Å². The van der Waals surface area contributed by atoms with Crippen molar-refractivity contribution in [3.8, 4) is 0 Å². The van der Waals surface area contributed by atoms with E-state index in [9.17, 15) is 4.79 Å². The zero-order chi connectivity index (χ0) is 8.81. The molecule has 0 aromatic carbocycles. The van der Waals surface area contributed by atoms with Crippen molar-refractivity contribution < 1.29 is 14.7 Å². The molecule has 0 unspecified atom stereocenters. The average molecular weight is 171 g/mol. The fraction of sp³-hybridized carbons (Fsp3) is 0.750. The molecule has 1 saturated carbocycles. The second kappa shape index (κ2) is 4.74. The van der Waals surface area contributed by atoms with Gasteiger partial charge in [0, 0.05) is 0 Å². The van der Waals surface area contributed by atoms with Crippen LogP contribution in [0.5, 0.6) is 0 Å². The summed E-state index contributed by atoms with van der Waals surface area (Å²) in [6, 6.07) is 0. The lowest BCUT2D eigenvalue weighted by Gasteiger charge is -1.97. The van der Waals surface area contributed by atoms with Crippen LogP contribution in [-0.4, -0.2) is 23.4 Å². The van der Waals surface area contributed by atoms with Crippen LogP contribution in [0, 0.1) is 0 Å². The number of carbonyl (C=O) groups is 1. The summed E-state index contributed by atoms with van der Waals surface area (Å²) in [5.41, 5.74) is 1.07. The summed E-state index contributed by atoms with van der Waals surface area (Å²) in [5, 5.41) is 12.1. The van der Waals surface area contributed by atoms with Crippen LogP contribution >= 0.6 is 0 Å². The molecule has 0 aromatic heterocycles.